The molecule has 3 atom stereocenters. The van der Waals surface area contributed by atoms with Gasteiger partial charge in [0, 0.05) is 18.3 Å². The fraction of sp³-hybridized carbons (Fsp3) is 0.385. The van der Waals surface area contributed by atoms with E-state index in [1.165, 1.54) is 4.80 Å². The van der Waals surface area contributed by atoms with Gasteiger partial charge in [0.05, 0.1) is 41.2 Å². The molecule has 1 amide bonds. The van der Waals surface area contributed by atoms with Gasteiger partial charge in [-0.2, -0.15) is 15.0 Å². The van der Waals surface area contributed by atoms with Crippen molar-refractivity contribution < 1.29 is 9.18 Å². The highest BCUT2D eigenvalue weighted by Crippen LogP contribution is 2.51. The Bertz CT molecular complexity index is 1400. The number of fused-ring (bicyclic) bond motifs is 2. The number of carbonyl (C=O) groups is 1. The first-order chi connectivity index (χ1) is 17.0. The van der Waals surface area contributed by atoms with Crippen LogP contribution in [0.4, 0.5) is 4.39 Å². The van der Waals surface area contributed by atoms with E-state index in [4.69, 9.17) is 4.98 Å². The van der Waals surface area contributed by atoms with Gasteiger partial charge in [0.15, 0.2) is 5.16 Å². The number of alkyl halides is 1. The Morgan fingerprint density at radius 2 is 1.89 bits per heavy atom. The van der Waals surface area contributed by atoms with Crippen LogP contribution in [0, 0.1) is 25.7 Å². The number of carbonyl (C=O) groups excluding carboxylic acids is 1. The molecule has 35 heavy (non-hydrogen) atoms. The highest BCUT2D eigenvalue weighted by Gasteiger charge is 2.54. The number of imidazole rings is 1. The zero-order valence-corrected chi connectivity index (χ0v) is 20.6. The fourth-order valence-electron chi connectivity index (χ4n) is 5.30. The zero-order chi connectivity index (χ0) is 24.1. The summed E-state index contributed by atoms with van der Waals surface area (Å²) in [5, 5.41) is 9.31. The molecule has 0 radical (unpaired) electrons. The predicted molar refractivity (Wildman–Crippen MR) is 134 cm³/mol. The third kappa shape index (κ3) is 4.01. The van der Waals surface area contributed by atoms with Gasteiger partial charge in [-0.1, -0.05) is 29.5 Å². The molecule has 0 bridgehead atoms. The molecular formula is C26H27FN6OS. The Labute approximate surface area is 207 Å². The summed E-state index contributed by atoms with van der Waals surface area (Å²) in [6, 6.07) is 12.0. The molecule has 1 aliphatic heterocycles. The number of thioether (sulfide) groups is 1. The summed E-state index contributed by atoms with van der Waals surface area (Å²) in [5.41, 5.74) is 5.31. The number of amides is 1. The van der Waals surface area contributed by atoms with Crippen LogP contribution in [0.25, 0.3) is 16.7 Å². The lowest BCUT2D eigenvalue weighted by Gasteiger charge is -2.28. The first-order valence-electron chi connectivity index (χ1n) is 12.0. The second-order valence-corrected chi connectivity index (χ2v) is 10.5. The third-order valence-corrected chi connectivity index (χ3v) is 8.22. The van der Waals surface area contributed by atoms with E-state index in [-0.39, 0.29) is 18.5 Å². The van der Waals surface area contributed by atoms with E-state index in [0.717, 1.165) is 46.0 Å². The summed E-state index contributed by atoms with van der Waals surface area (Å²) >= 11 is 1.63. The number of hydrogen-bond donors (Lipinski definition) is 0. The Kier molecular flexibility index (Phi) is 5.59. The van der Waals surface area contributed by atoms with Crippen molar-refractivity contribution in [2.45, 2.75) is 38.0 Å². The Morgan fingerprint density at radius 1 is 1.11 bits per heavy atom. The van der Waals surface area contributed by atoms with Gasteiger partial charge >= 0.3 is 0 Å². The van der Waals surface area contributed by atoms with E-state index in [0.29, 0.717) is 23.1 Å². The van der Waals surface area contributed by atoms with Gasteiger partial charge in [-0.05, 0) is 61.9 Å². The largest absolute Gasteiger partial charge is 0.334 e. The lowest BCUT2D eigenvalue weighted by atomic mass is 10.1. The van der Waals surface area contributed by atoms with Crippen molar-refractivity contribution in [2.24, 2.45) is 11.8 Å². The normalized spacial score (nSPS) is 21.0. The number of likely N-dealkylation sites (tertiary alicyclic amines) is 1. The average molecular weight is 491 g/mol. The Balaban J connectivity index is 1.27. The van der Waals surface area contributed by atoms with E-state index in [9.17, 15) is 9.18 Å². The standard InChI is InChI=1S/C26H27FN6OS/c1-16-3-5-22(33-28-8-9-29-33)20(11-16)25(34)32-14-18-13-19(18)24(32)15-35-26-30-21-12-17(2)4-6-23(21)31(26)10-7-27/h3-6,8-9,11-12,18-19,24H,7,10,13-15H2,1-2H3. The van der Waals surface area contributed by atoms with Crippen molar-refractivity contribution >= 4 is 28.7 Å². The van der Waals surface area contributed by atoms with Crippen LogP contribution in [0.3, 0.4) is 0 Å². The number of aromatic nitrogens is 5. The van der Waals surface area contributed by atoms with Crippen LogP contribution >= 0.6 is 11.8 Å². The minimum atomic E-state index is -0.441. The van der Waals surface area contributed by atoms with Crippen molar-refractivity contribution in [3.63, 3.8) is 0 Å². The Hall–Kier alpha value is -3.20. The van der Waals surface area contributed by atoms with Crippen LogP contribution < -0.4 is 0 Å². The SMILES string of the molecule is Cc1ccc(-n2nccn2)c(C(=O)N2CC3CC3C2CSc2nc3cc(C)ccc3n2CCF)c1. The molecule has 2 aliphatic rings. The van der Waals surface area contributed by atoms with Gasteiger partial charge in [-0.3, -0.25) is 4.79 Å². The van der Waals surface area contributed by atoms with Crippen molar-refractivity contribution in [1.82, 2.24) is 29.4 Å². The predicted octanol–water partition coefficient (Wildman–Crippen LogP) is 4.46. The van der Waals surface area contributed by atoms with Crippen LogP contribution in [0.5, 0.6) is 0 Å². The Morgan fingerprint density at radius 3 is 2.69 bits per heavy atom. The van der Waals surface area contributed by atoms with E-state index in [1.54, 1.807) is 24.2 Å². The molecule has 2 aromatic heterocycles. The van der Waals surface area contributed by atoms with Crippen LogP contribution in [0.15, 0.2) is 53.9 Å². The third-order valence-electron chi connectivity index (χ3n) is 7.14. The molecule has 6 rings (SSSR count). The topological polar surface area (TPSA) is 68.8 Å². The summed E-state index contributed by atoms with van der Waals surface area (Å²) in [5.74, 6) is 1.84. The number of nitrogens with zero attached hydrogens (tertiary/aromatic N) is 6. The summed E-state index contributed by atoms with van der Waals surface area (Å²) in [4.78, 5) is 22.2. The molecule has 1 saturated carbocycles. The number of benzene rings is 2. The summed E-state index contributed by atoms with van der Waals surface area (Å²) in [7, 11) is 0. The van der Waals surface area contributed by atoms with Crippen LogP contribution in [-0.4, -0.2) is 60.4 Å². The van der Waals surface area contributed by atoms with Gasteiger partial charge in [0.2, 0.25) is 0 Å². The lowest BCUT2D eigenvalue weighted by Crippen LogP contribution is -2.40. The van der Waals surface area contributed by atoms with Crippen molar-refractivity contribution in [3.05, 3.63) is 65.5 Å². The zero-order valence-electron chi connectivity index (χ0n) is 19.8. The molecule has 0 N–H and O–H groups in total. The number of piperidine rings is 1. The molecule has 2 fully saturated rings. The van der Waals surface area contributed by atoms with Gasteiger partial charge < -0.3 is 9.47 Å². The lowest BCUT2D eigenvalue weighted by molar-refractivity contribution is 0.0722. The molecule has 180 valence electrons. The molecule has 2 aromatic carbocycles. The molecule has 3 heterocycles. The van der Waals surface area contributed by atoms with E-state index < -0.39 is 6.67 Å². The first-order valence-corrected chi connectivity index (χ1v) is 13.0. The monoisotopic (exact) mass is 490 g/mol. The van der Waals surface area contributed by atoms with Crippen LogP contribution in [0.1, 0.15) is 27.9 Å². The van der Waals surface area contributed by atoms with Gasteiger partial charge in [0.1, 0.15) is 6.67 Å². The highest BCUT2D eigenvalue weighted by molar-refractivity contribution is 7.99. The number of aryl methyl sites for hydroxylation is 3. The van der Waals surface area contributed by atoms with E-state index in [2.05, 4.69) is 10.2 Å². The minimum absolute atomic E-state index is 0.0201. The molecular weight excluding hydrogens is 463 g/mol. The maximum Gasteiger partial charge on any atom is 0.256 e. The second kappa shape index (κ2) is 8.78. The number of rotatable bonds is 7. The number of halogens is 1. The van der Waals surface area contributed by atoms with E-state index >= 15 is 0 Å². The van der Waals surface area contributed by atoms with Crippen molar-refractivity contribution in [3.8, 4) is 5.69 Å². The molecule has 7 nitrogen and oxygen atoms in total. The average Bonchev–Trinajstić information content (AvgIpc) is 3.17. The summed E-state index contributed by atoms with van der Waals surface area (Å²) in [6.45, 7) is 4.64. The second-order valence-electron chi connectivity index (χ2n) is 9.56. The van der Waals surface area contributed by atoms with E-state index in [1.807, 2.05) is 59.7 Å². The molecule has 1 saturated heterocycles. The minimum Gasteiger partial charge on any atom is -0.334 e. The molecule has 1 aliphatic carbocycles. The molecule has 3 unspecified atom stereocenters. The van der Waals surface area contributed by atoms with Crippen molar-refractivity contribution in [2.75, 3.05) is 19.0 Å². The van der Waals surface area contributed by atoms with Gasteiger partial charge in [0.25, 0.3) is 5.91 Å². The quantitative estimate of drug-likeness (QED) is 0.358. The molecule has 0 spiro atoms. The fourth-order valence-corrected chi connectivity index (χ4v) is 6.55. The summed E-state index contributed by atoms with van der Waals surface area (Å²) < 4.78 is 15.3. The smallest absolute Gasteiger partial charge is 0.256 e. The highest BCUT2D eigenvalue weighted by atomic mass is 32.2. The summed E-state index contributed by atoms with van der Waals surface area (Å²) in [6.07, 6.45) is 4.39. The number of hydrogen-bond acceptors (Lipinski definition) is 5. The maximum atomic E-state index is 13.8. The van der Waals surface area contributed by atoms with Crippen molar-refractivity contribution in [1.29, 1.82) is 0 Å². The molecule has 4 aromatic rings. The van der Waals surface area contributed by atoms with Gasteiger partial charge in [-0.25, -0.2) is 9.37 Å². The maximum absolute atomic E-state index is 13.8. The first kappa shape index (κ1) is 22.3. The van der Waals surface area contributed by atoms with Gasteiger partial charge in [-0.15, -0.1) is 0 Å². The van der Waals surface area contributed by atoms with Crippen LogP contribution in [-0.2, 0) is 6.54 Å². The molecule has 9 heteroatoms. The van der Waals surface area contributed by atoms with Crippen LogP contribution in [0.2, 0.25) is 0 Å².